The van der Waals surface area contributed by atoms with Crippen LogP contribution in [-0.4, -0.2) is 58.6 Å². The molecule has 0 spiro atoms. The molecule has 2 aromatic rings. The molecule has 4 rings (SSSR count). The average molecular weight is 395 g/mol. The lowest BCUT2D eigenvalue weighted by Crippen LogP contribution is -2.54. The predicted octanol–water partition coefficient (Wildman–Crippen LogP) is 3.08. The molecular formula is C23H30N4O2. The third-order valence-electron chi connectivity index (χ3n) is 6.03. The second kappa shape index (κ2) is 8.41. The van der Waals surface area contributed by atoms with Crippen molar-refractivity contribution in [2.24, 2.45) is 0 Å². The molecule has 0 bridgehead atoms. The van der Waals surface area contributed by atoms with Gasteiger partial charge in [0.05, 0.1) is 12.7 Å². The predicted molar refractivity (Wildman–Crippen MR) is 113 cm³/mol. The summed E-state index contributed by atoms with van der Waals surface area (Å²) < 4.78 is 5.94. The molecule has 1 unspecified atom stereocenters. The van der Waals surface area contributed by atoms with Crippen LogP contribution in [0.2, 0.25) is 0 Å². The van der Waals surface area contributed by atoms with Gasteiger partial charge in [0.25, 0.3) is 0 Å². The molecule has 2 amide bonds. The first-order valence-electron chi connectivity index (χ1n) is 10.4. The van der Waals surface area contributed by atoms with Crippen LogP contribution >= 0.6 is 0 Å². The van der Waals surface area contributed by atoms with Crippen molar-refractivity contribution in [2.45, 2.75) is 44.9 Å². The number of fused-ring (bicyclic) bond motifs is 1. The normalized spacial score (nSPS) is 19.7. The Bertz CT molecular complexity index is 840. The molecule has 1 N–H and O–H groups in total. The van der Waals surface area contributed by atoms with Gasteiger partial charge in [-0.1, -0.05) is 24.3 Å². The van der Waals surface area contributed by atoms with Crippen LogP contribution < -0.4 is 10.1 Å². The molecule has 1 saturated heterocycles. The number of benzene rings is 1. The van der Waals surface area contributed by atoms with Gasteiger partial charge in [-0.25, -0.2) is 4.79 Å². The lowest BCUT2D eigenvalue weighted by atomic mass is 9.94. The number of carbonyl (C=O) groups excluding carboxylic acids is 1. The highest BCUT2D eigenvalue weighted by molar-refractivity contribution is 5.74. The number of rotatable bonds is 5. The number of hydrogen-bond acceptors (Lipinski definition) is 4. The molecular weight excluding hydrogens is 364 g/mol. The fourth-order valence-electron chi connectivity index (χ4n) is 4.15. The highest BCUT2D eigenvalue weighted by Crippen LogP contribution is 2.25. The Kier molecular flexibility index (Phi) is 5.72. The first-order valence-corrected chi connectivity index (χ1v) is 10.4. The summed E-state index contributed by atoms with van der Waals surface area (Å²) in [5.74, 6) is 0.756. The van der Waals surface area contributed by atoms with Gasteiger partial charge in [-0.3, -0.25) is 9.88 Å². The summed E-state index contributed by atoms with van der Waals surface area (Å²) in [5, 5.41) is 3.15. The van der Waals surface area contributed by atoms with Crippen molar-refractivity contribution in [1.82, 2.24) is 20.1 Å². The first-order chi connectivity index (χ1) is 14.0. The maximum absolute atomic E-state index is 12.7. The molecule has 6 nitrogen and oxygen atoms in total. The van der Waals surface area contributed by atoms with Gasteiger partial charge in [0.1, 0.15) is 11.9 Å². The first kappa shape index (κ1) is 19.7. The third kappa shape index (κ3) is 4.70. The minimum absolute atomic E-state index is 0.00669. The lowest BCUT2D eigenvalue weighted by molar-refractivity contribution is 0.102. The van der Waals surface area contributed by atoms with Crippen LogP contribution in [0.25, 0.3) is 0 Å². The number of nitrogens with zero attached hydrogens (tertiary/aromatic N) is 3. The average Bonchev–Trinajstić information content (AvgIpc) is 3.21. The summed E-state index contributed by atoms with van der Waals surface area (Å²) in [6, 6.07) is 12.4. The monoisotopic (exact) mass is 394 g/mol. The second-order valence-corrected chi connectivity index (χ2v) is 8.57. The lowest BCUT2D eigenvalue weighted by Gasteiger charge is -2.41. The number of aromatic nitrogens is 1. The zero-order valence-corrected chi connectivity index (χ0v) is 17.3. The number of ether oxygens (including phenoxy) is 1. The highest BCUT2D eigenvalue weighted by atomic mass is 16.5. The molecule has 3 heterocycles. The van der Waals surface area contributed by atoms with E-state index in [1.165, 1.54) is 11.1 Å². The Hall–Kier alpha value is -2.60. The van der Waals surface area contributed by atoms with E-state index in [2.05, 4.69) is 53.3 Å². The summed E-state index contributed by atoms with van der Waals surface area (Å²) in [5.41, 5.74) is 2.74. The van der Waals surface area contributed by atoms with Gasteiger partial charge in [-0.05, 0) is 43.5 Å². The largest absolute Gasteiger partial charge is 0.487 e. The van der Waals surface area contributed by atoms with Crippen molar-refractivity contribution in [3.63, 3.8) is 0 Å². The molecule has 1 atom stereocenters. The standard InChI is InChI=1S/C23H30N4O2/c1-23(2,27-13-9-18-6-3-4-7-19(18)15-27)17-25-22(28)26-12-10-21(16-26)29-20-8-5-11-24-14-20/h3-8,11,14,21H,9-10,12-13,15-17H2,1-2H3,(H,25,28). The highest BCUT2D eigenvalue weighted by Gasteiger charge is 2.32. The van der Waals surface area contributed by atoms with Gasteiger partial charge in [0.2, 0.25) is 0 Å². The van der Waals surface area contributed by atoms with Gasteiger partial charge >= 0.3 is 6.03 Å². The molecule has 1 aromatic carbocycles. The Morgan fingerprint density at radius 1 is 1.21 bits per heavy atom. The SMILES string of the molecule is CC(C)(CNC(=O)N1CCC(Oc2cccnc2)C1)N1CCc2ccccc2C1. The summed E-state index contributed by atoms with van der Waals surface area (Å²) in [6.07, 6.45) is 5.37. The van der Waals surface area contributed by atoms with E-state index in [1.54, 1.807) is 12.4 Å². The van der Waals surface area contributed by atoms with Crippen molar-refractivity contribution in [2.75, 3.05) is 26.2 Å². The summed E-state index contributed by atoms with van der Waals surface area (Å²) in [6.45, 7) is 8.32. The molecule has 1 aromatic heterocycles. The van der Waals surface area contributed by atoms with Crippen LogP contribution in [0, 0.1) is 0 Å². The smallest absolute Gasteiger partial charge is 0.317 e. The van der Waals surface area contributed by atoms with Crippen LogP contribution in [0.3, 0.4) is 0 Å². The fraction of sp³-hybridized carbons (Fsp3) is 0.478. The molecule has 0 radical (unpaired) electrons. The van der Waals surface area contributed by atoms with Gasteiger partial charge in [-0.15, -0.1) is 0 Å². The van der Waals surface area contributed by atoms with Crippen LogP contribution in [0.1, 0.15) is 31.4 Å². The molecule has 0 aliphatic carbocycles. The van der Waals surface area contributed by atoms with Crippen LogP contribution in [-0.2, 0) is 13.0 Å². The van der Waals surface area contributed by atoms with Crippen LogP contribution in [0.4, 0.5) is 4.79 Å². The Morgan fingerprint density at radius 2 is 2.03 bits per heavy atom. The number of likely N-dealkylation sites (tertiary alicyclic amines) is 1. The van der Waals surface area contributed by atoms with E-state index in [4.69, 9.17) is 4.74 Å². The molecule has 0 saturated carbocycles. The van der Waals surface area contributed by atoms with E-state index < -0.39 is 0 Å². The number of carbonyl (C=O) groups is 1. The van der Waals surface area contributed by atoms with E-state index in [-0.39, 0.29) is 17.7 Å². The summed E-state index contributed by atoms with van der Waals surface area (Å²) >= 11 is 0. The van der Waals surface area contributed by atoms with Crippen LogP contribution in [0.5, 0.6) is 5.75 Å². The Labute approximate surface area is 172 Å². The zero-order chi connectivity index (χ0) is 20.3. The number of pyridine rings is 1. The molecule has 2 aliphatic heterocycles. The summed E-state index contributed by atoms with van der Waals surface area (Å²) in [4.78, 5) is 21.1. The Morgan fingerprint density at radius 3 is 2.83 bits per heavy atom. The minimum atomic E-state index is -0.103. The van der Waals surface area contributed by atoms with Gasteiger partial charge in [0.15, 0.2) is 0 Å². The fourth-order valence-corrected chi connectivity index (χ4v) is 4.15. The van der Waals surface area contributed by atoms with Crippen molar-refractivity contribution in [3.8, 4) is 5.75 Å². The van der Waals surface area contributed by atoms with Gasteiger partial charge in [0, 0.05) is 44.3 Å². The second-order valence-electron chi connectivity index (χ2n) is 8.57. The van der Waals surface area contributed by atoms with E-state index in [0.717, 1.165) is 31.7 Å². The van der Waals surface area contributed by atoms with E-state index in [1.807, 2.05) is 17.0 Å². The topological polar surface area (TPSA) is 57.7 Å². The molecule has 29 heavy (non-hydrogen) atoms. The Balaban J connectivity index is 1.27. The minimum Gasteiger partial charge on any atom is -0.487 e. The van der Waals surface area contributed by atoms with Gasteiger partial charge < -0.3 is 15.0 Å². The van der Waals surface area contributed by atoms with Crippen molar-refractivity contribution < 1.29 is 9.53 Å². The molecule has 1 fully saturated rings. The zero-order valence-electron chi connectivity index (χ0n) is 17.3. The quantitative estimate of drug-likeness (QED) is 0.847. The van der Waals surface area contributed by atoms with Crippen molar-refractivity contribution >= 4 is 6.03 Å². The number of amides is 2. The van der Waals surface area contributed by atoms with E-state index in [0.29, 0.717) is 19.6 Å². The van der Waals surface area contributed by atoms with Crippen LogP contribution in [0.15, 0.2) is 48.8 Å². The molecule has 6 heteroatoms. The van der Waals surface area contributed by atoms with Crippen molar-refractivity contribution in [3.05, 3.63) is 59.9 Å². The van der Waals surface area contributed by atoms with Crippen molar-refractivity contribution in [1.29, 1.82) is 0 Å². The number of urea groups is 1. The maximum atomic E-state index is 12.7. The maximum Gasteiger partial charge on any atom is 0.317 e. The summed E-state index contributed by atoms with van der Waals surface area (Å²) in [7, 11) is 0. The molecule has 154 valence electrons. The molecule has 2 aliphatic rings. The number of hydrogen-bond donors (Lipinski definition) is 1. The number of nitrogens with one attached hydrogen (secondary N) is 1. The van der Waals surface area contributed by atoms with Gasteiger partial charge in [-0.2, -0.15) is 0 Å². The third-order valence-corrected chi connectivity index (χ3v) is 6.03. The van der Waals surface area contributed by atoms with E-state index in [9.17, 15) is 4.79 Å². The van der Waals surface area contributed by atoms with E-state index >= 15 is 0 Å².